The molecule has 1 aromatic heterocycles. The highest BCUT2D eigenvalue weighted by Crippen LogP contribution is 2.30. The number of methoxy groups -OCH3 is 1. The van der Waals surface area contributed by atoms with E-state index in [0.29, 0.717) is 25.3 Å². The summed E-state index contributed by atoms with van der Waals surface area (Å²) in [4.78, 5) is 26.4. The van der Waals surface area contributed by atoms with Crippen molar-refractivity contribution in [3.05, 3.63) is 71.4 Å². The lowest BCUT2D eigenvalue weighted by Gasteiger charge is -2.18. The fourth-order valence-corrected chi connectivity index (χ4v) is 4.20. The van der Waals surface area contributed by atoms with Crippen LogP contribution in [0.5, 0.6) is 5.75 Å². The zero-order chi connectivity index (χ0) is 23.4. The van der Waals surface area contributed by atoms with E-state index in [1.807, 2.05) is 48.2 Å². The van der Waals surface area contributed by atoms with Crippen LogP contribution in [-0.4, -0.2) is 55.1 Å². The summed E-state index contributed by atoms with van der Waals surface area (Å²) in [5.41, 5.74) is 5.35. The average molecular weight is 445 g/mol. The maximum atomic E-state index is 12.9. The summed E-state index contributed by atoms with van der Waals surface area (Å²) in [6.45, 7) is 3.55. The van der Waals surface area contributed by atoms with Gasteiger partial charge >= 0.3 is 0 Å². The number of hydrogen-bond acceptors (Lipinski definition) is 5. The van der Waals surface area contributed by atoms with E-state index in [2.05, 4.69) is 37.3 Å². The zero-order valence-corrected chi connectivity index (χ0v) is 19.9. The molecule has 1 aliphatic heterocycles. The number of likely N-dealkylation sites (tertiary alicyclic amines) is 1. The van der Waals surface area contributed by atoms with E-state index in [0.717, 1.165) is 41.2 Å². The van der Waals surface area contributed by atoms with Crippen LogP contribution < -0.4 is 9.64 Å². The highest BCUT2D eigenvalue weighted by atomic mass is 16.5. The Balaban J connectivity index is 1.46. The van der Waals surface area contributed by atoms with Gasteiger partial charge in [-0.1, -0.05) is 42.0 Å². The van der Waals surface area contributed by atoms with Crippen LogP contribution in [0.1, 0.15) is 35.6 Å². The predicted molar refractivity (Wildman–Crippen MR) is 132 cm³/mol. The molecule has 3 aromatic rings. The summed E-state index contributed by atoms with van der Waals surface area (Å²) < 4.78 is 5.29. The molecule has 0 aliphatic carbocycles. The van der Waals surface area contributed by atoms with Gasteiger partial charge in [0, 0.05) is 45.1 Å². The number of amides is 1. The van der Waals surface area contributed by atoms with Gasteiger partial charge in [-0.25, -0.2) is 9.97 Å². The van der Waals surface area contributed by atoms with E-state index < -0.39 is 0 Å². The Bertz CT molecular complexity index is 1110. The molecule has 1 fully saturated rings. The standard InChI is InChI=1S/C27H32N4O2/c1-19-8-11-21(12-9-19)24-17-25(29-27(28-24)30(2)3)22-14-15-31(18-22)26(32)13-10-20-6-5-7-23(16-20)33-4/h5-9,11-12,16-17,22H,10,13-15,18H2,1-4H3/t22-/m0/s1. The monoisotopic (exact) mass is 444 g/mol. The molecule has 0 N–H and O–H groups in total. The molecule has 2 aromatic carbocycles. The molecule has 6 heteroatoms. The van der Waals surface area contributed by atoms with Crippen molar-refractivity contribution in [2.45, 2.75) is 32.1 Å². The van der Waals surface area contributed by atoms with Crippen LogP contribution in [-0.2, 0) is 11.2 Å². The molecule has 0 bridgehead atoms. The summed E-state index contributed by atoms with van der Waals surface area (Å²) in [7, 11) is 5.58. The van der Waals surface area contributed by atoms with Crippen molar-refractivity contribution < 1.29 is 9.53 Å². The Labute approximate surface area is 196 Å². The van der Waals surface area contributed by atoms with Gasteiger partial charge in [0.05, 0.1) is 18.5 Å². The van der Waals surface area contributed by atoms with Gasteiger partial charge in [-0.15, -0.1) is 0 Å². The maximum absolute atomic E-state index is 12.9. The summed E-state index contributed by atoms with van der Waals surface area (Å²) in [5.74, 6) is 1.94. The Kier molecular flexibility index (Phi) is 6.92. The number of nitrogens with zero attached hydrogens (tertiary/aromatic N) is 4. The molecule has 1 amide bonds. The number of anilines is 1. The van der Waals surface area contributed by atoms with Gasteiger partial charge in [-0.3, -0.25) is 4.79 Å². The quantitative estimate of drug-likeness (QED) is 0.538. The summed E-state index contributed by atoms with van der Waals surface area (Å²) in [5, 5.41) is 0. The molecule has 1 saturated heterocycles. The highest BCUT2D eigenvalue weighted by molar-refractivity contribution is 5.77. The normalized spacial score (nSPS) is 15.5. The Morgan fingerprint density at radius 2 is 1.91 bits per heavy atom. The van der Waals surface area contributed by atoms with E-state index in [-0.39, 0.29) is 11.8 Å². The highest BCUT2D eigenvalue weighted by Gasteiger charge is 2.29. The molecule has 0 unspecified atom stereocenters. The number of carbonyl (C=O) groups excluding carboxylic acids is 1. The van der Waals surface area contributed by atoms with Crippen molar-refractivity contribution in [1.29, 1.82) is 0 Å². The minimum atomic E-state index is 0.195. The van der Waals surface area contributed by atoms with Gasteiger partial charge in [0.1, 0.15) is 5.75 Å². The van der Waals surface area contributed by atoms with Crippen LogP contribution in [0.4, 0.5) is 5.95 Å². The summed E-state index contributed by atoms with van der Waals surface area (Å²) in [6, 6.07) is 18.4. The van der Waals surface area contributed by atoms with Crippen molar-refractivity contribution in [3.8, 4) is 17.0 Å². The molecule has 0 saturated carbocycles. The fraction of sp³-hybridized carbons (Fsp3) is 0.370. The molecule has 172 valence electrons. The van der Waals surface area contributed by atoms with Crippen LogP contribution in [0.25, 0.3) is 11.3 Å². The van der Waals surface area contributed by atoms with E-state index in [9.17, 15) is 4.79 Å². The zero-order valence-electron chi connectivity index (χ0n) is 19.9. The minimum absolute atomic E-state index is 0.195. The van der Waals surface area contributed by atoms with Crippen LogP contribution >= 0.6 is 0 Å². The predicted octanol–water partition coefficient (Wildman–Crippen LogP) is 4.48. The molecule has 33 heavy (non-hydrogen) atoms. The van der Waals surface area contributed by atoms with Gasteiger partial charge in [-0.2, -0.15) is 0 Å². The van der Waals surface area contributed by atoms with Gasteiger partial charge in [-0.05, 0) is 43.5 Å². The Morgan fingerprint density at radius 3 is 2.64 bits per heavy atom. The van der Waals surface area contributed by atoms with Crippen molar-refractivity contribution >= 4 is 11.9 Å². The summed E-state index contributed by atoms with van der Waals surface area (Å²) in [6.07, 6.45) is 2.14. The Hall–Kier alpha value is -3.41. The van der Waals surface area contributed by atoms with E-state index in [1.54, 1.807) is 7.11 Å². The lowest BCUT2D eigenvalue weighted by Crippen LogP contribution is -2.28. The third kappa shape index (κ3) is 5.51. The first-order valence-electron chi connectivity index (χ1n) is 11.5. The molecule has 1 atom stereocenters. The molecular weight excluding hydrogens is 412 g/mol. The van der Waals surface area contributed by atoms with Gasteiger partial charge in [0.25, 0.3) is 0 Å². The third-order valence-corrected chi connectivity index (χ3v) is 6.20. The molecule has 0 spiro atoms. The van der Waals surface area contributed by atoms with Gasteiger partial charge < -0.3 is 14.5 Å². The number of ether oxygens (including phenoxy) is 1. The number of aryl methyl sites for hydroxylation is 2. The molecule has 6 nitrogen and oxygen atoms in total. The molecule has 2 heterocycles. The largest absolute Gasteiger partial charge is 0.497 e. The third-order valence-electron chi connectivity index (χ3n) is 6.20. The lowest BCUT2D eigenvalue weighted by molar-refractivity contribution is -0.130. The van der Waals surface area contributed by atoms with Gasteiger partial charge in [0.15, 0.2) is 0 Å². The Morgan fingerprint density at radius 1 is 1.12 bits per heavy atom. The number of aromatic nitrogens is 2. The minimum Gasteiger partial charge on any atom is -0.497 e. The van der Waals surface area contributed by atoms with Crippen molar-refractivity contribution in [1.82, 2.24) is 14.9 Å². The average Bonchev–Trinajstić information content (AvgIpc) is 3.33. The number of carbonyl (C=O) groups is 1. The van der Waals surface area contributed by atoms with Crippen LogP contribution in [0.2, 0.25) is 0 Å². The fourth-order valence-electron chi connectivity index (χ4n) is 4.20. The van der Waals surface area contributed by atoms with E-state index in [1.165, 1.54) is 5.56 Å². The van der Waals surface area contributed by atoms with Gasteiger partial charge in [0.2, 0.25) is 11.9 Å². The first kappa shape index (κ1) is 22.8. The molecule has 4 rings (SSSR count). The van der Waals surface area contributed by atoms with Crippen molar-refractivity contribution in [3.63, 3.8) is 0 Å². The van der Waals surface area contributed by atoms with Crippen LogP contribution in [0.15, 0.2) is 54.6 Å². The lowest BCUT2D eigenvalue weighted by atomic mass is 10.0. The number of rotatable bonds is 7. The van der Waals surface area contributed by atoms with E-state index in [4.69, 9.17) is 14.7 Å². The second-order valence-corrected chi connectivity index (χ2v) is 8.92. The van der Waals surface area contributed by atoms with Crippen molar-refractivity contribution in [2.24, 2.45) is 0 Å². The maximum Gasteiger partial charge on any atom is 0.225 e. The topological polar surface area (TPSA) is 58.6 Å². The first-order valence-corrected chi connectivity index (χ1v) is 11.5. The van der Waals surface area contributed by atoms with Crippen LogP contribution in [0.3, 0.4) is 0 Å². The smallest absolute Gasteiger partial charge is 0.225 e. The SMILES string of the molecule is COc1cccc(CCC(=O)N2CC[C@H](c3cc(-c4ccc(C)cc4)nc(N(C)C)n3)C2)c1. The summed E-state index contributed by atoms with van der Waals surface area (Å²) >= 11 is 0. The van der Waals surface area contributed by atoms with Crippen LogP contribution in [0, 0.1) is 6.92 Å². The molecule has 1 aliphatic rings. The number of benzene rings is 2. The van der Waals surface area contributed by atoms with E-state index >= 15 is 0 Å². The second kappa shape index (κ2) is 10.0. The first-order chi connectivity index (χ1) is 15.9. The second-order valence-electron chi connectivity index (χ2n) is 8.92. The number of hydrogen-bond donors (Lipinski definition) is 0. The molecular formula is C27H32N4O2. The van der Waals surface area contributed by atoms with Crippen molar-refractivity contribution in [2.75, 3.05) is 39.2 Å². The molecule has 0 radical (unpaired) electrons.